The molecule has 0 aliphatic heterocycles. The van der Waals surface area contributed by atoms with Crippen LogP contribution in [0.5, 0.6) is 0 Å². The summed E-state index contributed by atoms with van der Waals surface area (Å²) in [7, 11) is 0. The van der Waals surface area contributed by atoms with Crippen molar-refractivity contribution in [1.82, 2.24) is 15.0 Å². The number of aromatic nitrogens is 3. The maximum atomic E-state index is 6.18. The smallest absolute Gasteiger partial charge is 0.137 e. The number of nitrogens with zero attached hydrogens (tertiary/aromatic N) is 3. The van der Waals surface area contributed by atoms with Crippen LogP contribution in [0, 0.1) is 13.8 Å². The van der Waals surface area contributed by atoms with E-state index in [1.54, 1.807) is 11.3 Å². The molecule has 1 unspecified atom stereocenters. The molecule has 1 atom stereocenters. The van der Waals surface area contributed by atoms with Crippen molar-refractivity contribution in [2.75, 3.05) is 5.32 Å². The molecule has 0 radical (unpaired) electrons. The maximum absolute atomic E-state index is 6.18. The van der Waals surface area contributed by atoms with E-state index in [1.807, 2.05) is 13.1 Å². The highest BCUT2D eigenvalue weighted by atomic mass is 35.5. The minimum Gasteiger partial charge on any atom is -0.361 e. The molecule has 20 heavy (non-hydrogen) atoms. The molecule has 0 aromatic carbocycles. The molecule has 1 N–H and O–H groups in total. The van der Waals surface area contributed by atoms with Gasteiger partial charge in [-0.2, -0.15) is 0 Å². The number of anilines is 1. The maximum Gasteiger partial charge on any atom is 0.137 e. The van der Waals surface area contributed by atoms with E-state index in [0.29, 0.717) is 5.15 Å². The van der Waals surface area contributed by atoms with E-state index < -0.39 is 0 Å². The molecular weight excluding hydrogens is 292 g/mol. The van der Waals surface area contributed by atoms with Gasteiger partial charge in [0.25, 0.3) is 0 Å². The number of thiazole rings is 1. The van der Waals surface area contributed by atoms with Crippen LogP contribution in [-0.4, -0.2) is 15.0 Å². The summed E-state index contributed by atoms with van der Waals surface area (Å²) in [6, 6.07) is 0.104. The second-order valence-corrected chi connectivity index (χ2v) is 6.45. The lowest BCUT2D eigenvalue weighted by Crippen LogP contribution is -2.11. The van der Waals surface area contributed by atoms with Crippen LogP contribution in [-0.2, 0) is 6.42 Å². The van der Waals surface area contributed by atoms with Gasteiger partial charge in [-0.05, 0) is 27.2 Å². The van der Waals surface area contributed by atoms with Gasteiger partial charge < -0.3 is 5.32 Å². The first kappa shape index (κ1) is 15.2. The molecule has 0 aliphatic carbocycles. The molecule has 0 spiro atoms. The predicted molar refractivity (Wildman–Crippen MR) is 84.7 cm³/mol. The Kier molecular flexibility index (Phi) is 4.94. The van der Waals surface area contributed by atoms with Gasteiger partial charge in [-0.25, -0.2) is 15.0 Å². The summed E-state index contributed by atoms with van der Waals surface area (Å²) in [5.74, 6) is 1.59. The fourth-order valence-corrected chi connectivity index (χ4v) is 2.81. The van der Waals surface area contributed by atoms with E-state index in [9.17, 15) is 0 Å². The minimum absolute atomic E-state index is 0.104. The van der Waals surface area contributed by atoms with Gasteiger partial charge in [0, 0.05) is 23.1 Å². The zero-order valence-electron chi connectivity index (χ0n) is 12.2. The molecule has 2 aromatic heterocycles. The van der Waals surface area contributed by atoms with Crippen molar-refractivity contribution in [2.45, 2.75) is 46.6 Å². The Morgan fingerprint density at radius 3 is 2.70 bits per heavy atom. The lowest BCUT2D eigenvalue weighted by Gasteiger charge is -2.15. The first-order valence-corrected chi connectivity index (χ1v) is 7.92. The van der Waals surface area contributed by atoms with Gasteiger partial charge in [0.2, 0.25) is 0 Å². The molecule has 0 saturated carbocycles. The Hall–Kier alpha value is -1.20. The van der Waals surface area contributed by atoms with Gasteiger partial charge in [-0.3, -0.25) is 0 Å². The van der Waals surface area contributed by atoms with E-state index >= 15 is 0 Å². The lowest BCUT2D eigenvalue weighted by molar-refractivity contribution is 0.811. The molecule has 0 saturated heterocycles. The van der Waals surface area contributed by atoms with Crippen molar-refractivity contribution in [2.24, 2.45) is 0 Å². The number of halogens is 1. The Morgan fingerprint density at radius 1 is 1.35 bits per heavy atom. The highest BCUT2D eigenvalue weighted by Gasteiger charge is 2.14. The molecule has 2 aromatic rings. The lowest BCUT2D eigenvalue weighted by atomic mass is 10.2. The van der Waals surface area contributed by atoms with E-state index in [2.05, 4.69) is 41.0 Å². The summed E-state index contributed by atoms with van der Waals surface area (Å²) in [6.45, 7) is 8.17. The molecule has 2 heterocycles. The summed E-state index contributed by atoms with van der Waals surface area (Å²) in [4.78, 5) is 14.5. The van der Waals surface area contributed by atoms with Crippen LogP contribution in [0.25, 0.3) is 0 Å². The van der Waals surface area contributed by atoms with Crippen LogP contribution in [0.3, 0.4) is 0 Å². The first-order chi connectivity index (χ1) is 9.51. The molecular formula is C14H19ClN4S. The number of hydrogen-bond donors (Lipinski definition) is 1. The normalized spacial score (nSPS) is 12.4. The Bertz CT molecular complexity index is 597. The molecule has 108 valence electrons. The third-order valence-corrected chi connectivity index (χ3v) is 4.43. The first-order valence-electron chi connectivity index (χ1n) is 6.73. The molecule has 0 amide bonds. The van der Waals surface area contributed by atoms with E-state index in [1.165, 1.54) is 4.88 Å². The zero-order valence-corrected chi connectivity index (χ0v) is 13.8. The molecule has 0 bridgehead atoms. The summed E-state index contributed by atoms with van der Waals surface area (Å²) in [5, 5.41) is 4.96. The minimum atomic E-state index is 0.104. The highest BCUT2D eigenvalue weighted by molar-refractivity contribution is 7.11. The van der Waals surface area contributed by atoms with Crippen molar-refractivity contribution < 1.29 is 0 Å². The SMILES string of the molecule is CCCc1nc(Cl)c(C)c(NC(C)c2ncc(C)s2)n1. The molecule has 0 aliphatic rings. The quantitative estimate of drug-likeness (QED) is 0.835. The second-order valence-electron chi connectivity index (χ2n) is 4.83. The fourth-order valence-electron chi connectivity index (χ4n) is 1.85. The average Bonchev–Trinajstić information content (AvgIpc) is 2.82. The standard InChI is InChI=1S/C14H19ClN4S/c1-5-6-11-18-12(15)9(3)13(19-11)17-10(4)14-16-7-8(2)20-14/h7,10H,5-6H2,1-4H3,(H,17,18,19). The van der Waals surface area contributed by atoms with E-state index in [-0.39, 0.29) is 6.04 Å². The van der Waals surface area contributed by atoms with Crippen LogP contribution < -0.4 is 5.32 Å². The summed E-state index contributed by atoms with van der Waals surface area (Å²) in [6.07, 6.45) is 3.72. The molecule has 6 heteroatoms. The number of rotatable bonds is 5. The largest absolute Gasteiger partial charge is 0.361 e. The van der Waals surface area contributed by atoms with E-state index in [0.717, 1.165) is 35.1 Å². The number of hydrogen-bond acceptors (Lipinski definition) is 5. The average molecular weight is 311 g/mol. The third kappa shape index (κ3) is 3.46. The summed E-state index contributed by atoms with van der Waals surface area (Å²) in [5.41, 5.74) is 0.881. The zero-order chi connectivity index (χ0) is 14.7. The summed E-state index contributed by atoms with van der Waals surface area (Å²) < 4.78 is 0. The highest BCUT2D eigenvalue weighted by Crippen LogP contribution is 2.26. The monoisotopic (exact) mass is 310 g/mol. The van der Waals surface area contributed by atoms with Crippen molar-refractivity contribution in [1.29, 1.82) is 0 Å². The predicted octanol–water partition coefficient (Wildman–Crippen LogP) is 4.33. The van der Waals surface area contributed by atoms with Crippen LogP contribution in [0.4, 0.5) is 5.82 Å². The summed E-state index contributed by atoms with van der Waals surface area (Å²) >= 11 is 7.87. The Morgan fingerprint density at radius 2 is 2.10 bits per heavy atom. The number of nitrogens with one attached hydrogen (secondary N) is 1. The van der Waals surface area contributed by atoms with E-state index in [4.69, 9.17) is 11.6 Å². The van der Waals surface area contributed by atoms with Gasteiger partial charge >= 0.3 is 0 Å². The fraction of sp³-hybridized carbons (Fsp3) is 0.500. The second kappa shape index (κ2) is 6.50. The topological polar surface area (TPSA) is 50.7 Å². The Labute approximate surface area is 128 Å². The van der Waals surface area contributed by atoms with Gasteiger partial charge in [-0.1, -0.05) is 18.5 Å². The van der Waals surface area contributed by atoms with Crippen LogP contribution in [0.1, 0.15) is 47.6 Å². The van der Waals surface area contributed by atoms with Crippen molar-refractivity contribution in [3.8, 4) is 0 Å². The van der Waals surface area contributed by atoms with Crippen LogP contribution >= 0.6 is 22.9 Å². The molecule has 4 nitrogen and oxygen atoms in total. The van der Waals surface area contributed by atoms with Gasteiger partial charge in [-0.15, -0.1) is 11.3 Å². The van der Waals surface area contributed by atoms with Crippen LogP contribution in [0.15, 0.2) is 6.20 Å². The Balaban J connectivity index is 2.23. The van der Waals surface area contributed by atoms with Crippen LogP contribution in [0.2, 0.25) is 5.15 Å². The van der Waals surface area contributed by atoms with Crippen molar-refractivity contribution in [3.05, 3.63) is 32.6 Å². The van der Waals surface area contributed by atoms with Gasteiger partial charge in [0.05, 0.1) is 6.04 Å². The number of aryl methyl sites for hydroxylation is 2. The van der Waals surface area contributed by atoms with Gasteiger partial charge in [0.1, 0.15) is 21.8 Å². The van der Waals surface area contributed by atoms with Gasteiger partial charge in [0.15, 0.2) is 0 Å². The molecule has 0 fully saturated rings. The molecule has 2 rings (SSSR count). The third-order valence-electron chi connectivity index (χ3n) is 2.97. The van der Waals surface area contributed by atoms with Crippen molar-refractivity contribution in [3.63, 3.8) is 0 Å². The van der Waals surface area contributed by atoms with Crippen molar-refractivity contribution >= 4 is 28.8 Å².